The highest BCUT2D eigenvalue weighted by Gasteiger charge is 2.66. The molecular weight excluding hydrogens is 298 g/mol. The molecule has 0 spiro atoms. The minimum atomic E-state index is -0.883. The molecule has 2 unspecified atom stereocenters. The van der Waals surface area contributed by atoms with Crippen LogP contribution in [0.15, 0.2) is 24.3 Å². The fourth-order valence-corrected chi connectivity index (χ4v) is 7.21. The molecule has 130 valence electrons. The molecular formula is C21H29NO2. The molecule has 3 heterocycles. The standard InChI is InChI=1S/C21H29NO2/c1-18-10-19(2)12-20(11-18,24-21(23,13-18)14-19)15-22-8-7-16-5-3-4-6-17(16)9-22/h3-6,23H,7-15H2,1-2H3. The first kappa shape index (κ1) is 15.4. The summed E-state index contributed by atoms with van der Waals surface area (Å²) in [7, 11) is 0. The average molecular weight is 327 g/mol. The largest absolute Gasteiger partial charge is 0.365 e. The van der Waals surface area contributed by atoms with Crippen LogP contribution in [-0.4, -0.2) is 34.5 Å². The van der Waals surface area contributed by atoms with E-state index in [0.717, 1.165) is 51.7 Å². The number of nitrogens with zero attached hydrogens (tertiary/aromatic N) is 1. The molecule has 0 radical (unpaired) electrons. The lowest BCUT2D eigenvalue weighted by atomic mass is 9.48. The van der Waals surface area contributed by atoms with E-state index < -0.39 is 5.79 Å². The van der Waals surface area contributed by atoms with Gasteiger partial charge in [0.05, 0.1) is 5.60 Å². The van der Waals surface area contributed by atoms with Crippen LogP contribution < -0.4 is 0 Å². The molecule has 6 rings (SSSR count). The third kappa shape index (κ3) is 2.36. The third-order valence-corrected chi connectivity index (χ3v) is 6.89. The van der Waals surface area contributed by atoms with Crippen LogP contribution in [0.2, 0.25) is 0 Å². The number of ether oxygens (including phenoxy) is 1. The third-order valence-electron chi connectivity index (χ3n) is 6.89. The van der Waals surface area contributed by atoms with Crippen LogP contribution in [0.25, 0.3) is 0 Å². The van der Waals surface area contributed by atoms with Gasteiger partial charge in [-0.3, -0.25) is 4.90 Å². The molecule has 3 heteroatoms. The van der Waals surface area contributed by atoms with Crippen molar-refractivity contribution in [3.05, 3.63) is 35.4 Å². The van der Waals surface area contributed by atoms with Gasteiger partial charge in [-0.2, -0.15) is 0 Å². The maximum Gasteiger partial charge on any atom is 0.167 e. The van der Waals surface area contributed by atoms with E-state index in [0.29, 0.717) is 0 Å². The molecule has 3 aliphatic heterocycles. The number of aliphatic hydroxyl groups is 1. The van der Waals surface area contributed by atoms with Crippen molar-refractivity contribution < 1.29 is 9.84 Å². The fourth-order valence-electron chi connectivity index (χ4n) is 7.21. The van der Waals surface area contributed by atoms with Gasteiger partial charge in [-0.25, -0.2) is 0 Å². The van der Waals surface area contributed by atoms with Gasteiger partial charge in [0, 0.05) is 32.5 Å². The lowest BCUT2D eigenvalue weighted by Gasteiger charge is -2.68. The van der Waals surface area contributed by atoms with Gasteiger partial charge in [0.25, 0.3) is 0 Å². The van der Waals surface area contributed by atoms with Crippen LogP contribution in [0.1, 0.15) is 57.1 Å². The van der Waals surface area contributed by atoms with Crippen molar-refractivity contribution in [2.24, 2.45) is 10.8 Å². The number of fused-ring (bicyclic) bond motifs is 1. The fraction of sp³-hybridized carbons (Fsp3) is 0.714. The zero-order valence-corrected chi connectivity index (χ0v) is 15.0. The van der Waals surface area contributed by atoms with Crippen LogP contribution in [0.5, 0.6) is 0 Å². The minimum absolute atomic E-state index is 0.153. The predicted molar refractivity (Wildman–Crippen MR) is 93.5 cm³/mol. The Morgan fingerprint density at radius 3 is 2.33 bits per heavy atom. The van der Waals surface area contributed by atoms with Gasteiger partial charge in [-0.1, -0.05) is 38.1 Å². The second-order valence-corrected chi connectivity index (χ2v) is 9.97. The first-order valence-electron chi connectivity index (χ1n) is 9.50. The van der Waals surface area contributed by atoms with E-state index in [4.69, 9.17) is 4.74 Å². The lowest BCUT2D eigenvalue weighted by molar-refractivity contribution is -0.388. The molecule has 2 atom stereocenters. The molecule has 4 bridgehead atoms. The highest BCUT2D eigenvalue weighted by atomic mass is 16.6. The molecule has 4 fully saturated rings. The molecule has 2 saturated carbocycles. The van der Waals surface area contributed by atoms with Crippen molar-refractivity contribution in [3.8, 4) is 0 Å². The summed E-state index contributed by atoms with van der Waals surface area (Å²) < 4.78 is 6.43. The van der Waals surface area contributed by atoms with E-state index in [-0.39, 0.29) is 16.4 Å². The summed E-state index contributed by atoms with van der Waals surface area (Å²) in [6.07, 6.45) is 6.23. The number of rotatable bonds is 2. The first-order valence-corrected chi connectivity index (χ1v) is 9.50. The summed E-state index contributed by atoms with van der Waals surface area (Å²) in [4.78, 5) is 2.56. The Morgan fingerprint density at radius 2 is 1.67 bits per heavy atom. The van der Waals surface area contributed by atoms with Crippen molar-refractivity contribution in [1.82, 2.24) is 4.90 Å². The molecule has 24 heavy (non-hydrogen) atoms. The molecule has 2 saturated heterocycles. The molecule has 1 aromatic rings. The lowest BCUT2D eigenvalue weighted by Crippen LogP contribution is -2.69. The highest BCUT2D eigenvalue weighted by Crippen LogP contribution is 2.67. The maximum atomic E-state index is 11.0. The van der Waals surface area contributed by atoms with E-state index in [2.05, 4.69) is 43.0 Å². The zero-order chi connectivity index (χ0) is 16.6. The highest BCUT2D eigenvalue weighted by molar-refractivity contribution is 5.29. The molecule has 0 amide bonds. The van der Waals surface area contributed by atoms with Crippen molar-refractivity contribution in [1.29, 1.82) is 0 Å². The SMILES string of the molecule is CC12CC3(C)CC(O)(C1)OC(CN1CCc4ccccc4C1)(C2)C3. The number of hydrogen-bond donors (Lipinski definition) is 1. The van der Waals surface area contributed by atoms with E-state index in [1.165, 1.54) is 17.5 Å². The van der Waals surface area contributed by atoms with Crippen LogP contribution >= 0.6 is 0 Å². The Hall–Kier alpha value is -0.900. The molecule has 3 nitrogen and oxygen atoms in total. The van der Waals surface area contributed by atoms with Crippen LogP contribution in [0, 0.1) is 10.8 Å². The van der Waals surface area contributed by atoms with Gasteiger partial charge in [-0.05, 0) is 47.6 Å². The normalized spacial score (nSPS) is 47.0. The Bertz CT molecular complexity index is 631. The number of hydrogen-bond acceptors (Lipinski definition) is 3. The summed E-state index contributed by atoms with van der Waals surface area (Å²) in [6, 6.07) is 8.82. The zero-order valence-electron chi connectivity index (χ0n) is 15.0. The first-order chi connectivity index (χ1) is 11.3. The van der Waals surface area contributed by atoms with E-state index >= 15 is 0 Å². The predicted octanol–water partition coefficient (Wildman–Crippen LogP) is 3.49. The average Bonchev–Trinajstić information content (AvgIpc) is 2.41. The van der Waals surface area contributed by atoms with Crippen LogP contribution in [0.3, 0.4) is 0 Å². The van der Waals surface area contributed by atoms with E-state index in [9.17, 15) is 5.11 Å². The summed E-state index contributed by atoms with van der Waals surface area (Å²) in [5, 5.41) is 11.0. The van der Waals surface area contributed by atoms with Crippen molar-refractivity contribution in [2.45, 2.75) is 70.3 Å². The van der Waals surface area contributed by atoms with Crippen LogP contribution in [0.4, 0.5) is 0 Å². The van der Waals surface area contributed by atoms with Gasteiger partial charge in [0.15, 0.2) is 5.79 Å². The van der Waals surface area contributed by atoms with E-state index in [1.54, 1.807) is 0 Å². The second kappa shape index (κ2) is 4.63. The Balaban J connectivity index is 1.41. The van der Waals surface area contributed by atoms with Crippen molar-refractivity contribution in [2.75, 3.05) is 13.1 Å². The maximum absolute atomic E-state index is 11.0. The smallest absolute Gasteiger partial charge is 0.167 e. The molecule has 1 aromatic carbocycles. The van der Waals surface area contributed by atoms with Crippen molar-refractivity contribution >= 4 is 0 Å². The summed E-state index contributed by atoms with van der Waals surface area (Å²) >= 11 is 0. The number of benzene rings is 1. The van der Waals surface area contributed by atoms with Gasteiger partial charge < -0.3 is 9.84 Å². The molecule has 5 aliphatic rings. The van der Waals surface area contributed by atoms with Crippen molar-refractivity contribution in [3.63, 3.8) is 0 Å². The minimum Gasteiger partial charge on any atom is -0.365 e. The molecule has 1 N–H and O–H groups in total. The van der Waals surface area contributed by atoms with E-state index in [1.807, 2.05) is 0 Å². The van der Waals surface area contributed by atoms with Gasteiger partial charge in [0.1, 0.15) is 0 Å². The van der Waals surface area contributed by atoms with Gasteiger partial charge in [-0.15, -0.1) is 0 Å². The summed E-state index contributed by atoms with van der Waals surface area (Å²) in [5.41, 5.74) is 3.29. The quantitative estimate of drug-likeness (QED) is 0.902. The Labute approximate surface area is 145 Å². The van der Waals surface area contributed by atoms with Gasteiger partial charge in [0.2, 0.25) is 0 Å². The monoisotopic (exact) mass is 327 g/mol. The van der Waals surface area contributed by atoms with Crippen LogP contribution in [-0.2, 0) is 17.7 Å². The second-order valence-electron chi connectivity index (χ2n) is 9.97. The Kier molecular flexibility index (Phi) is 2.96. The topological polar surface area (TPSA) is 32.7 Å². The molecule has 2 aliphatic carbocycles. The van der Waals surface area contributed by atoms with Gasteiger partial charge >= 0.3 is 0 Å². The Morgan fingerprint density at radius 1 is 1.00 bits per heavy atom. The summed E-state index contributed by atoms with van der Waals surface area (Å²) in [5.74, 6) is -0.883. The summed E-state index contributed by atoms with van der Waals surface area (Å²) in [6.45, 7) is 7.84. The molecule has 0 aromatic heterocycles.